The van der Waals surface area contributed by atoms with Crippen molar-refractivity contribution in [3.8, 4) is 6.07 Å². The molecule has 0 bridgehead atoms. The largest absolute Gasteiger partial charge is 0.365 e. The number of fused-ring (bicyclic) bond motifs is 1. The molecular weight excluding hydrogens is 246 g/mol. The quantitative estimate of drug-likeness (QED) is 0.923. The van der Waals surface area contributed by atoms with Crippen molar-refractivity contribution in [3.05, 3.63) is 58.3 Å². The van der Waals surface area contributed by atoms with Crippen molar-refractivity contribution in [2.24, 2.45) is 0 Å². The maximum atomic E-state index is 9.25. The van der Waals surface area contributed by atoms with Crippen LogP contribution in [0.2, 0.25) is 0 Å². The number of rotatable bonds is 3. The minimum Gasteiger partial charge on any atom is -0.365 e. The molecule has 0 saturated heterocycles. The monoisotopic (exact) mass is 263 g/mol. The van der Waals surface area contributed by atoms with E-state index in [2.05, 4.69) is 47.6 Å². The maximum Gasteiger partial charge on any atom is 0.144 e. The number of pyridine rings is 1. The van der Waals surface area contributed by atoms with Crippen LogP contribution in [0.25, 0.3) is 0 Å². The molecule has 20 heavy (non-hydrogen) atoms. The molecule has 0 fully saturated rings. The van der Waals surface area contributed by atoms with Crippen LogP contribution in [-0.2, 0) is 19.4 Å². The summed E-state index contributed by atoms with van der Waals surface area (Å²) in [5.74, 6) is 0.716. The fraction of sp³-hybridized carbons (Fsp3) is 0.294. The first-order valence-electron chi connectivity index (χ1n) is 6.98. The molecule has 2 aromatic rings. The molecule has 1 aromatic carbocycles. The zero-order valence-corrected chi connectivity index (χ0v) is 11.6. The van der Waals surface area contributed by atoms with Gasteiger partial charge in [0.15, 0.2) is 0 Å². The lowest BCUT2D eigenvalue weighted by Crippen LogP contribution is -2.05. The molecule has 0 aliphatic heterocycles. The normalized spacial score (nSPS) is 12.8. The molecule has 0 atom stereocenters. The highest BCUT2D eigenvalue weighted by Crippen LogP contribution is 2.25. The molecule has 0 amide bonds. The predicted octanol–water partition coefficient (Wildman–Crippen LogP) is 3.36. The van der Waals surface area contributed by atoms with Crippen LogP contribution in [0, 0.1) is 18.3 Å². The van der Waals surface area contributed by atoms with E-state index in [-0.39, 0.29) is 0 Å². The number of nitrogens with zero attached hydrogens (tertiary/aromatic N) is 2. The summed E-state index contributed by atoms with van der Waals surface area (Å²) >= 11 is 0. The molecule has 100 valence electrons. The first kappa shape index (κ1) is 12.7. The van der Waals surface area contributed by atoms with E-state index in [1.165, 1.54) is 16.7 Å². The minimum atomic E-state index is 0.651. The van der Waals surface area contributed by atoms with Gasteiger partial charge in [0.2, 0.25) is 0 Å². The highest BCUT2D eigenvalue weighted by Gasteiger charge is 2.16. The molecule has 1 aliphatic carbocycles. The first-order chi connectivity index (χ1) is 9.76. The van der Waals surface area contributed by atoms with E-state index in [4.69, 9.17) is 0 Å². The number of nitriles is 1. The van der Waals surface area contributed by atoms with E-state index in [1.807, 2.05) is 6.07 Å². The number of aryl methyl sites for hydroxylation is 3. The highest BCUT2D eigenvalue weighted by molar-refractivity contribution is 5.55. The lowest BCUT2D eigenvalue weighted by atomic mass is 10.1. The van der Waals surface area contributed by atoms with Gasteiger partial charge in [-0.05, 0) is 43.4 Å². The van der Waals surface area contributed by atoms with Gasteiger partial charge in [-0.1, -0.05) is 29.8 Å². The van der Waals surface area contributed by atoms with Gasteiger partial charge >= 0.3 is 0 Å². The molecule has 0 unspecified atom stereocenters. The van der Waals surface area contributed by atoms with Crippen molar-refractivity contribution in [1.82, 2.24) is 4.98 Å². The Morgan fingerprint density at radius 1 is 1.25 bits per heavy atom. The second-order valence-electron chi connectivity index (χ2n) is 5.29. The second kappa shape index (κ2) is 5.34. The van der Waals surface area contributed by atoms with Gasteiger partial charge in [0, 0.05) is 12.2 Å². The van der Waals surface area contributed by atoms with E-state index in [0.29, 0.717) is 17.9 Å². The maximum absolute atomic E-state index is 9.25. The van der Waals surface area contributed by atoms with E-state index < -0.39 is 0 Å². The Kier molecular flexibility index (Phi) is 3.39. The van der Waals surface area contributed by atoms with Crippen LogP contribution in [0.15, 0.2) is 30.3 Å². The number of anilines is 1. The van der Waals surface area contributed by atoms with Crippen LogP contribution < -0.4 is 5.32 Å². The summed E-state index contributed by atoms with van der Waals surface area (Å²) in [6.45, 7) is 2.77. The molecule has 3 nitrogen and oxygen atoms in total. The lowest BCUT2D eigenvalue weighted by Gasteiger charge is -2.10. The number of aromatic nitrogens is 1. The number of hydrogen-bond donors (Lipinski definition) is 1. The van der Waals surface area contributed by atoms with E-state index in [9.17, 15) is 5.26 Å². The third kappa shape index (κ3) is 2.50. The summed E-state index contributed by atoms with van der Waals surface area (Å²) in [6, 6.07) is 12.6. The van der Waals surface area contributed by atoms with Gasteiger partial charge in [0.05, 0.1) is 5.56 Å². The third-order valence-electron chi connectivity index (χ3n) is 3.75. The van der Waals surface area contributed by atoms with Crippen molar-refractivity contribution < 1.29 is 0 Å². The molecular formula is C17H17N3. The summed E-state index contributed by atoms with van der Waals surface area (Å²) in [4.78, 5) is 4.62. The smallest absolute Gasteiger partial charge is 0.144 e. The summed E-state index contributed by atoms with van der Waals surface area (Å²) in [5, 5.41) is 12.5. The Hall–Kier alpha value is -2.34. The molecule has 1 aromatic heterocycles. The topological polar surface area (TPSA) is 48.7 Å². The summed E-state index contributed by atoms with van der Waals surface area (Å²) in [7, 11) is 0. The van der Waals surface area contributed by atoms with Crippen molar-refractivity contribution in [2.45, 2.75) is 32.7 Å². The van der Waals surface area contributed by atoms with Gasteiger partial charge in [-0.3, -0.25) is 0 Å². The molecule has 3 heteroatoms. The molecule has 1 N–H and O–H groups in total. The van der Waals surface area contributed by atoms with Gasteiger partial charge in [0.1, 0.15) is 11.9 Å². The van der Waals surface area contributed by atoms with Crippen molar-refractivity contribution in [3.63, 3.8) is 0 Å². The van der Waals surface area contributed by atoms with Gasteiger partial charge in [-0.15, -0.1) is 0 Å². The van der Waals surface area contributed by atoms with Crippen LogP contribution in [0.5, 0.6) is 0 Å². The Morgan fingerprint density at radius 3 is 2.80 bits per heavy atom. The van der Waals surface area contributed by atoms with Crippen molar-refractivity contribution in [1.29, 1.82) is 5.26 Å². The number of benzene rings is 1. The Morgan fingerprint density at radius 2 is 2.05 bits per heavy atom. The van der Waals surface area contributed by atoms with Crippen LogP contribution in [0.1, 0.15) is 34.4 Å². The van der Waals surface area contributed by atoms with Crippen LogP contribution >= 0.6 is 0 Å². The molecule has 1 heterocycles. The molecule has 3 rings (SSSR count). The third-order valence-corrected chi connectivity index (χ3v) is 3.75. The van der Waals surface area contributed by atoms with Crippen LogP contribution in [-0.4, -0.2) is 4.98 Å². The van der Waals surface area contributed by atoms with Gasteiger partial charge in [-0.25, -0.2) is 4.98 Å². The fourth-order valence-corrected chi connectivity index (χ4v) is 2.58. The van der Waals surface area contributed by atoms with Gasteiger partial charge in [-0.2, -0.15) is 5.26 Å². The molecule has 0 spiro atoms. The molecule has 0 radical (unpaired) electrons. The first-order valence-corrected chi connectivity index (χ1v) is 6.98. The number of nitrogens with one attached hydrogen (secondary N) is 1. The Bertz CT molecular complexity index is 666. The van der Waals surface area contributed by atoms with Crippen LogP contribution in [0.3, 0.4) is 0 Å². The van der Waals surface area contributed by atoms with Crippen LogP contribution in [0.4, 0.5) is 5.82 Å². The molecule has 0 saturated carbocycles. The SMILES string of the molecule is Cc1ccc(CNc2nc3c(cc2C#N)CCC3)cc1. The Balaban J connectivity index is 1.80. The average molecular weight is 263 g/mol. The second-order valence-corrected chi connectivity index (χ2v) is 5.29. The molecule has 1 aliphatic rings. The predicted molar refractivity (Wildman–Crippen MR) is 79.5 cm³/mol. The average Bonchev–Trinajstić information content (AvgIpc) is 2.92. The summed E-state index contributed by atoms with van der Waals surface area (Å²) < 4.78 is 0. The van der Waals surface area contributed by atoms with Crippen molar-refractivity contribution >= 4 is 5.82 Å². The minimum absolute atomic E-state index is 0.651. The zero-order chi connectivity index (χ0) is 13.9. The Labute approximate surface area is 119 Å². The van der Waals surface area contributed by atoms with Gasteiger partial charge < -0.3 is 5.32 Å². The lowest BCUT2D eigenvalue weighted by molar-refractivity contribution is 0.899. The van der Waals surface area contributed by atoms with E-state index in [0.717, 1.165) is 25.0 Å². The number of hydrogen-bond acceptors (Lipinski definition) is 3. The standard InChI is InChI=1S/C17H17N3/c1-12-5-7-13(8-6-12)11-19-17-15(10-18)9-14-3-2-4-16(14)20-17/h5-9H,2-4,11H2,1H3,(H,19,20). The zero-order valence-electron chi connectivity index (χ0n) is 11.6. The van der Waals surface area contributed by atoms with Gasteiger partial charge in [0.25, 0.3) is 0 Å². The fourth-order valence-electron chi connectivity index (χ4n) is 2.58. The van der Waals surface area contributed by atoms with E-state index in [1.54, 1.807) is 0 Å². The van der Waals surface area contributed by atoms with Crippen molar-refractivity contribution in [2.75, 3.05) is 5.32 Å². The summed E-state index contributed by atoms with van der Waals surface area (Å²) in [5.41, 5.74) is 5.49. The summed E-state index contributed by atoms with van der Waals surface area (Å²) in [6.07, 6.45) is 3.23. The van der Waals surface area contributed by atoms with E-state index >= 15 is 0 Å². The highest BCUT2D eigenvalue weighted by atomic mass is 15.0.